The maximum atomic E-state index is 12.1. The second-order valence-corrected chi connectivity index (χ2v) is 5.78. The molecule has 1 unspecified atom stereocenters. The molecule has 0 saturated carbocycles. The average molecular weight is 291 g/mol. The number of amides is 1. The number of hydrogen-bond donors (Lipinski definition) is 2. The predicted octanol–water partition coefficient (Wildman–Crippen LogP) is 3.27. The molecule has 118 valence electrons. The first-order valence-electron chi connectivity index (χ1n) is 7.84. The van der Waals surface area contributed by atoms with Gasteiger partial charge in [-0.1, -0.05) is 33.3 Å². The third kappa shape index (κ3) is 6.17. The highest BCUT2D eigenvalue weighted by Crippen LogP contribution is 2.18. The van der Waals surface area contributed by atoms with E-state index in [1.54, 1.807) is 0 Å². The van der Waals surface area contributed by atoms with Crippen molar-refractivity contribution in [3.63, 3.8) is 0 Å². The molecule has 21 heavy (non-hydrogen) atoms. The Morgan fingerprint density at radius 2 is 2.10 bits per heavy atom. The molecule has 0 saturated heterocycles. The van der Waals surface area contributed by atoms with Crippen molar-refractivity contribution in [1.82, 2.24) is 4.90 Å². The van der Waals surface area contributed by atoms with Crippen LogP contribution in [0.25, 0.3) is 0 Å². The van der Waals surface area contributed by atoms with E-state index in [-0.39, 0.29) is 5.91 Å². The molecule has 1 aromatic carbocycles. The van der Waals surface area contributed by atoms with Crippen LogP contribution in [-0.4, -0.2) is 30.4 Å². The van der Waals surface area contributed by atoms with Crippen molar-refractivity contribution < 1.29 is 4.79 Å². The van der Waals surface area contributed by atoms with Gasteiger partial charge in [0, 0.05) is 30.9 Å². The van der Waals surface area contributed by atoms with E-state index in [9.17, 15) is 4.79 Å². The van der Waals surface area contributed by atoms with Gasteiger partial charge in [-0.2, -0.15) is 0 Å². The lowest BCUT2D eigenvalue weighted by Crippen LogP contribution is -2.31. The Hall–Kier alpha value is -1.55. The second-order valence-electron chi connectivity index (χ2n) is 5.78. The predicted molar refractivity (Wildman–Crippen MR) is 90.4 cm³/mol. The number of rotatable bonds is 8. The molecule has 0 aromatic heterocycles. The monoisotopic (exact) mass is 291 g/mol. The van der Waals surface area contributed by atoms with Gasteiger partial charge in [0.1, 0.15) is 0 Å². The zero-order chi connectivity index (χ0) is 15.8. The van der Waals surface area contributed by atoms with Crippen LogP contribution in [0.2, 0.25) is 0 Å². The summed E-state index contributed by atoms with van der Waals surface area (Å²) in [6, 6.07) is 5.58. The smallest absolute Gasteiger partial charge is 0.225 e. The van der Waals surface area contributed by atoms with Crippen molar-refractivity contribution in [2.75, 3.05) is 30.7 Å². The number of hydrogen-bond acceptors (Lipinski definition) is 3. The van der Waals surface area contributed by atoms with E-state index in [0.717, 1.165) is 30.9 Å². The van der Waals surface area contributed by atoms with Crippen molar-refractivity contribution in [3.8, 4) is 0 Å². The van der Waals surface area contributed by atoms with E-state index in [1.165, 1.54) is 6.42 Å². The summed E-state index contributed by atoms with van der Waals surface area (Å²) in [6.45, 7) is 11.4. The van der Waals surface area contributed by atoms with Crippen molar-refractivity contribution in [2.45, 2.75) is 40.5 Å². The summed E-state index contributed by atoms with van der Waals surface area (Å²) >= 11 is 0. The standard InChI is InChI=1S/C17H29N3O/c1-5-13(3)12-20(6-2)10-9-17(21)19-16-11-15(18)8-7-14(16)4/h7-8,11,13H,5-6,9-10,12,18H2,1-4H3,(H,19,21). The summed E-state index contributed by atoms with van der Waals surface area (Å²) < 4.78 is 0. The first-order valence-corrected chi connectivity index (χ1v) is 7.84. The number of benzene rings is 1. The van der Waals surface area contributed by atoms with Crippen molar-refractivity contribution in [3.05, 3.63) is 23.8 Å². The topological polar surface area (TPSA) is 58.4 Å². The summed E-state index contributed by atoms with van der Waals surface area (Å²) in [7, 11) is 0. The van der Waals surface area contributed by atoms with Gasteiger partial charge in [-0.05, 0) is 37.1 Å². The molecular formula is C17H29N3O. The Balaban J connectivity index is 2.47. The van der Waals surface area contributed by atoms with Crippen LogP contribution >= 0.6 is 0 Å². The van der Waals surface area contributed by atoms with Crippen molar-refractivity contribution in [2.24, 2.45) is 5.92 Å². The van der Waals surface area contributed by atoms with E-state index in [2.05, 4.69) is 31.0 Å². The first kappa shape index (κ1) is 17.5. The van der Waals surface area contributed by atoms with Gasteiger partial charge >= 0.3 is 0 Å². The lowest BCUT2D eigenvalue weighted by molar-refractivity contribution is -0.116. The maximum Gasteiger partial charge on any atom is 0.225 e. The zero-order valence-electron chi connectivity index (χ0n) is 13.8. The van der Waals surface area contributed by atoms with E-state index < -0.39 is 0 Å². The molecule has 0 aliphatic rings. The van der Waals surface area contributed by atoms with Crippen LogP contribution in [0, 0.1) is 12.8 Å². The van der Waals surface area contributed by atoms with Gasteiger partial charge in [0.25, 0.3) is 0 Å². The molecule has 0 spiro atoms. The van der Waals surface area contributed by atoms with Gasteiger partial charge in [0.2, 0.25) is 5.91 Å². The Kier molecular flexibility index (Phi) is 7.23. The third-order valence-electron chi connectivity index (χ3n) is 3.90. The maximum absolute atomic E-state index is 12.1. The Bertz CT molecular complexity index is 459. The average Bonchev–Trinajstić information content (AvgIpc) is 2.46. The molecule has 1 atom stereocenters. The van der Waals surface area contributed by atoms with E-state index >= 15 is 0 Å². The van der Waals surface area contributed by atoms with Crippen LogP contribution in [0.5, 0.6) is 0 Å². The van der Waals surface area contributed by atoms with E-state index in [4.69, 9.17) is 5.73 Å². The van der Waals surface area contributed by atoms with E-state index in [0.29, 0.717) is 18.0 Å². The Morgan fingerprint density at radius 1 is 1.38 bits per heavy atom. The quantitative estimate of drug-likeness (QED) is 0.723. The van der Waals surface area contributed by atoms with Crippen LogP contribution in [0.1, 0.15) is 39.2 Å². The molecular weight excluding hydrogens is 262 g/mol. The van der Waals surface area contributed by atoms with Crippen molar-refractivity contribution in [1.29, 1.82) is 0 Å². The number of nitrogens with two attached hydrogens (primary N) is 1. The van der Waals surface area contributed by atoms with Crippen LogP contribution < -0.4 is 11.1 Å². The fourth-order valence-corrected chi connectivity index (χ4v) is 2.20. The molecule has 0 aliphatic heterocycles. The molecule has 4 heteroatoms. The van der Waals surface area contributed by atoms with E-state index in [1.807, 2.05) is 25.1 Å². The third-order valence-corrected chi connectivity index (χ3v) is 3.90. The number of nitrogens with one attached hydrogen (secondary N) is 1. The van der Waals surface area contributed by atoms with Gasteiger partial charge in [-0.25, -0.2) is 0 Å². The number of aryl methyl sites for hydroxylation is 1. The van der Waals surface area contributed by atoms with Crippen LogP contribution in [0.4, 0.5) is 11.4 Å². The Morgan fingerprint density at radius 3 is 2.71 bits per heavy atom. The molecule has 0 radical (unpaired) electrons. The lowest BCUT2D eigenvalue weighted by Gasteiger charge is -2.23. The number of carbonyl (C=O) groups is 1. The molecule has 4 nitrogen and oxygen atoms in total. The van der Waals surface area contributed by atoms with Gasteiger partial charge in [0.05, 0.1) is 0 Å². The van der Waals surface area contributed by atoms with Gasteiger partial charge in [-0.3, -0.25) is 4.79 Å². The first-order chi connectivity index (χ1) is 9.96. The SMILES string of the molecule is CCC(C)CN(CC)CCC(=O)Nc1cc(N)ccc1C. The van der Waals surface area contributed by atoms with Crippen LogP contribution in [-0.2, 0) is 4.79 Å². The summed E-state index contributed by atoms with van der Waals surface area (Å²) in [5.41, 5.74) is 8.27. The van der Waals surface area contributed by atoms with Gasteiger partial charge < -0.3 is 16.0 Å². The molecule has 0 fully saturated rings. The minimum Gasteiger partial charge on any atom is -0.399 e. The minimum atomic E-state index is 0.0475. The van der Waals surface area contributed by atoms with Gasteiger partial charge in [-0.15, -0.1) is 0 Å². The number of anilines is 2. The molecule has 3 N–H and O–H groups in total. The zero-order valence-corrected chi connectivity index (χ0v) is 13.8. The minimum absolute atomic E-state index is 0.0475. The Labute approximate surface area is 128 Å². The highest BCUT2D eigenvalue weighted by molar-refractivity contribution is 5.92. The molecule has 1 amide bonds. The largest absolute Gasteiger partial charge is 0.399 e. The number of carbonyl (C=O) groups excluding carboxylic acids is 1. The fourth-order valence-electron chi connectivity index (χ4n) is 2.20. The normalized spacial score (nSPS) is 12.4. The summed E-state index contributed by atoms with van der Waals surface area (Å²) in [4.78, 5) is 14.4. The molecule has 0 aliphatic carbocycles. The summed E-state index contributed by atoms with van der Waals surface area (Å²) in [6.07, 6.45) is 1.68. The number of nitrogen functional groups attached to an aromatic ring is 1. The van der Waals surface area contributed by atoms with Crippen molar-refractivity contribution >= 4 is 17.3 Å². The molecule has 1 rings (SSSR count). The van der Waals surface area contributed by atoms with Crippen LogP contribution in [0.15, 0.2) is 18.2 Å². The number of nitrogens with zero attached hydrogens (tertiary/aromatic N) is 1. The van der Waals surface area contributed by atoms with Gasteiger partial charge in [0.15, 0.2) is 0 Å². The fraction of sp³-hybridized carbons (Fsp3) is 0.588. The highest BCUT2D eigenvalue weighted by Gasteiger charge is 2.10. The lowest BCUT2D eigenvalue weighted by atomic mass is 10.1. The molecule has 0 heterocycles. The highest BCUT2D eigenvalue weighted by atomic mass is 16.1. The summed E-state index contributed by atoms with van der Waals surface area (Å²) in [5, 5.41) is 2.95. The van der Waals surface area contributed by atoms with Crippen LogP contribution in [0.3, 0.4) is 0 Å². The molecule has 0 bridgehead atoms. The molecule has 1 aromatic rings. The summed E-state index contributed by atoms with van der Waals surface area (Å²) in [5.74, 6) is 0.718. The second kappa shape index (κ2) is 8.67.